The summed E-state index contributed by atoms with van der Waals surface area (Å²) in [6.07, 6.45) is 0. The van der Waals surface area contributed by atoms with Crippen molar-refractivity contribution < 1.29 is 14.6 Å². The maximum atomic E-state index is 9.83. The minimum Gasteiger partial charge on any atom is -0.489 e. The van der Waals surface area contributed by atoms with Crippen LogP contribution in [0.25, 0.3) is 0 Å². The topological polar surface area (TPSA) is 38.7 Å². The predicted molar refractivity (Wildman–Crippen MR) is 104 cm³/mol. The Morgan fingerprint density at radius 3 is 2.08 bits per heavy atom. The average molecular weight is 369 g/mol. The summed E-state index contributed by atoms with van der Waals surface area (Å²) >= 11 is 5.87. The molecule has 3 aromatic carbocycles. The van der Waals surface area contributed by atoms with E-state index in [0.717, 1.165) is 16.9 Å². The maximum absolute atomic E-state index is 9.83. The van der Waals surface area contributed by atoms with Gasteiger partial charge in [0.05, 0.1) is 6.61 Å². The SMILES string of the molecule is CC(CO)(Oc1ccc(COc2ccc(Cl)cc2)cc1)c1ccccc1. The molecule has 0 bridgehead atoms. The lowest BCUT2D eigenvalue weighted by molar-refractivity contribution is 0.0216. The number of ether oxygens (including phenoxy) is 2. The quantitative estimate of drug-likeness (QED) is 0.622. The van der Waals surface area contributed by atoms with Crippen molar-refractivity contribution in [1.82, 2.24) is 0 Å². The van der Waals surface area contributed by atoms with Gasteiger partial charge in [0.25, 0.3) is 0 Å². The van der Waals surface area contributed by atoms with Crippen molar-refractivity contribution in [2.45, 2.75) is 19.1 Å². The van der Waals surface area contributed by atoms with Crippen molar-refractivity contribution in [2.24, 2.45) is 0 Å². The Morgan fingerprint density at radius 2 is 1.46 bits per heavy atom. The third-order valence-corrected chi connectivity index (χ3v) is 4.42. The third kappa shape index (κ3) is 4.57. The fraction of sp³-hybridized carbons (Fsp3) is 0.182. The van der Waals surface area contributed by atoms with Crippen molar-refractivity contribution in [3.63, 3.8) is 0 Å². The first-order valence-electron chi connectivity index (χ1n) is 8.42. The molecule has 1 unspecified atom stereocenters. The van der Waals surface area contributed by atoms with Crippen LogP contribution in [0.1, 0.15) is 18.1 Å². The second-order valence-electron chi connectivity index (χ2n) is 6.24. The fourth-order valence-electron chi connectivity index (χ4n) is 2.58. The second kappa shape index (κ2) is 8.26. The third-order valence-electron chi connectivity index (χ3n) is 4.17. The Hall–Kier alpha value is -2.49. The van der Waals surface area contributed by atoms with Crippen LogP contribution in [0.2, 0.25) is 5.02 Å². The van der Waals surface area contributed by atoms with Gasteiger partial charge in [-0.05, 0) is 54.4 Å². The smallest absolute Gasteiger partial charge is 0.154 e. The molecule has 1 atom stereocenters. The molecule has 3 rings (SSSR count). The van der Waals surface area contributed by atoms with Crippen LogP contribution >= 0.6 is 11.6 Å². The second-order valence-corrected chi connectivity index (χ2v) is 6.68. The Kier molecular flexibility index (Phi) is 5.82. The molecule has 0 saturated heterocycles. The van der Waals surface area contributed by atoms with Crippen LogP contribution in [0.5, 0.6) is 11.5 Å². The summed E-state index contributed by atoms with van der Waals surface area (Å²) in [6.45, 7) is 2.22. The van der Waals surface area contributed by atoms with Gasteiger partial charge < -0.3 is 14.6 Å². The average Bonchev–Trinajstić information content (AvgIpc) is 2.69. The highest BCUT2D eigenvalue weighted by atomic mass is 35.5. The van der Waals surface area contributed by atoms with Gasteiger partial charge in [0.15, 0.2) is 5.60 Å². The minimum atomic E-state index is -0.789. The molecule has 26 heavy (non-hydrogen) atoms. The first kappa shape index (κ1) is 18.3. The van der Waals surface area contributed by atoms with Gasteiger partial charge >= 0.3 is 0 Å². The molecule has 0 spiro atoms. The van der Waals surface area contributed by atoms with Crippen LogP contribution in [0.15, 0.2) is 78.9 Å². The first-order chi connectivity index (χ1) is 12.6. The van der Waals surface area contributed by atoms with Crippen molar-refractivity contribution in [3.8, 4) is 11.5 Å². The van der Waals surface area contributed by atoms with Crippen molar-refractivity contribution in [3.05, 3.63) is 95.0 Å². The molecule has 4 heteroatoms. The van der Waals surface area contributed by atoms with E-state index >= 15 is 0 Å². The molecule has 0 aromatic heterocycles. The highest BCUT2D eigenvalue weighted by Crippen LogP contribution is 2.28. The molecule has 0 aliphatic carbocycles. The van der Waals surface area contributed by atoms with E-state index in [1.165, 1.54) is 0 Å². The fourth-order valence-corrected chi connectivity index (χ4v) is 2.71. The summed E-state index contributed by atoms with van der Waals surface area (Å²) in [5.74, 6) is 1.47. The maximum Gasteiger partial charge on any atom is 0.154 e. The largest absolute Gasteiger partial charge is 0.489 e. The number of benzene rings is 3. The van der Waals surface area contributed by atoms with E-state index in [9.17, 15) is 5.11 Å². The van der Waals surface area contributed by atoms with Gasteiger partial charge in [-0.25, -0.2) is 0 Å². The Morgan fingerprint density at radius 1 is 0.846 bits per heavy atom. The Balaban J connectivity index is 1.64. The summed E-state index contributed by atoms with van der Waals surface area (Å²) in [7, 11) is 0. The molecule has 0 aliphatic heterocycles. The standard InChI is InChI=1S/C22H21ClO3/c1-22(16-24,18-5-3-2-4-6-18)26-21-11-7-17(8-12-21)15-25-20-13-9-19(23)10-14-20/h2-14,24H,15-16H2,1H3. The van der Waals surface area contributed by atoms with Gasteiger partial charge in [-0.3, -0.25) is 0 Å². The van der Waals surface area contributed by atoms with Crippen LogP contribution in [0, 0.1) is 0 Å². The number of rotatable bonds is 7. The van der Waals surface area contributed by atoms with Gasteiger partial charge in [0.1, 0.15) is 18.1 Å². The minimum absolute atomic E-state index is 0.113. The molecule has 0 radical (unpaired) electrons. The van der Waals surface area contributed by atoms with Gasteiger partial charge in [-0.2, -0.15) is 0 Å². The summed E-state index contributed by atoms with van der Waals surface area (Å²) in [4.78, 5) is 0. The molecule has 0 aliphatic rings. The molecule has 1 N–H and O–H groups in total. The number of aliphatic hydroxyl groups is 1. The molecule has 3 nitrogen and oxygen atoms in total. The zero-order valence-corrected chi connectivity index (χ0v) is 15.3. The highest BCUT2D eigenvalue weighted by Gasteiger charge is 2.27. The van der Waals surface area contributed by atoms with Gasteiger partial charge in [0.2, 0.25) is 0 Å². The van der Waals surface area contributed by atoms with Crippen molar-refractivity contribution >= 4 is 11.6 Å². The van der Waals surface area contributed by atoms with Crippen LogP contribution in [-0.4, -0.2) is 11.7 Å². The number of hydrogen-bond donors (Lipinski definition) is 1. The van der Waals surface area contributed by atoms with Gasteiger partial charge in [-0.15, -0.1) is 0 Å². The van der Waals surface area contributed by atoms with E-state index in [-0.39, 0.29) is 6.61 Å². The molecular weight excluding hydrogens is 348 g/mol. The summed E-state index contributed by atoms with van der Waals surface area (Å²) in [5, 5.41) is 10.5. The first-order valence-corrected chi connectivity index (χ1v) is 8.79. The molecule has 0 saturated carbocycles. The van der Waals surface area contributed by atoms with Crippen LogP contribution in [0.4, 0.5) is 0 Å². The normalized spacial score (nSPS) is 13.0. The van der Waals surface area contributed by atoms with E-state index < -0.39 is 5.60 Å². The van der Waals surface area contributed by atoms with Crippen molar-refractivity contribution in [2.75, 3.05) is 6.61 Å². The molecule has 0 fully saturated rings. The zero-order chi connectivity index (χ0) is 18.4. The molecule has 0 heterocycles. The molecule has 0 amide bonds. The molecule has 3 aromatic rings. The predicted octanol–water partition coefficient (Wildman–Crippen LogP) is 5.21. The number of aliphatic hydroxyl groups excluding tert-OH is 1. The van der Waals surface area contributed by atoms with Crippen LogP contribution in [0.3, 0.4) is 0 Å². The van der Waals surface area contributed by atoms with Crippen molar-refractivity contribution in [1.29, 1.82) is 0 Å². The van der Waals surface area contributed by atoms with Gasteiger partial charge in [-0.1, -0.05) is 54.1 Å². The van der Waals surface area contributed by atoms with E-state index in [2.05, 4.69) is 0 Å². The number of hydrogen-bond acceptors (Lipinski definition) is 3. The number of halogens is 1. The van der Waals surface area contributed by atoms with Crippen LogP contribution < -0.4 is 9.47 Å². The van der Waals surface area contributed by atoms with Crippen LogP contribution in [-0.2, 0) is 12.2 Å². The monoisotopic (exact) mass is 368 g/mol. The zero-order valence-electron chi connectivity index (χ0n) is 14.6. The lowest BCUT2D eigenvalue weighted by Gasteiger charge is -2.29. The highest BCUT2D eigenvalue weighted by molar-refractivity contribution is 6.30. The van der Waals surface area contributed by atoms with E-state index in [1.807, 2.05) is 73.7 Å². The lowest BCUT2D eigenvalue weighted by Crippen LogP contribution is -2.33. The van der Waals surface area contributed by atoms with E-state index in [0.29, 0.717) is 17.4 Å². The summed E-state index contributed by atoms with van der Waals surface area (Å²) in [6, 6.07) is 24.7. The summed E-state index contributed by atoms with van der Waals surface area (Å²) in [5.41, 5.74) is 1.16. The lowest BCUT2D eigenvalue weighted by atomic mass is 9.96. The van der Waals surface area contributed by atoms with E-state index in [1.54, 1.807) is 12.1 Å². The molecule has 134 valence electrons. The molecular formula is C22H21ClO3. The summed E-state index contributed by atoms with van der Waals surface area (Å²) < 4.78 is 11.8. The van der Waals surface area contributed by atoms with E-state index in [4.69, 9.17) is 21.1 Å². The Labute approximate surface area is 158 Å². The van der Waals surface area contributed by atoms with Gasteiger partial charge in [0, 0.05) is 5.02 Å². The Bertz CT molecular complexity index is 816.